The molecule has 0 spiro atoms. The van der Waals surface area contributed by atoms with Gasteiger partial charge in [-0.3, -0.25) is 14.9 Å². The fourth-order valence-corrected chi connectivity index (χ4v) is 3.54. The number of hydrogen-bond donors (Lipinski definition) is 1. The van der Waals surface area contributed by atoms with Gasteiger partial charge in [0.25, 0.3) is 5.69 Å². The fraction of sp³-hybridized carbons (Fsp3) is 0.0400. The molecular formula is C25H17ClN2O6. The number of hydrogen-bond acceptors (Lipinski definition) is 6. The largest absolute Gasteiger partial charge is 0.495 e. The highest BCUT2D eigenvalue weighted by Gasteiger charge is 2.14. The molecule has 4 rings (SSSR count). The van der Waals surface area contributed by atoms with Gasteiger partial charge in [-0.15, -0.1) is 0 Å². The number of anilines is 1. The maximum Gasteiger partial charge on any atom is 0.344 e. The number of ether oxygens (including phenoxy) is 1. The van der Waals surface area contributed by atoms with Crippen molar-refractivity contribution in [3.05, 3.63) is 104 Å². The van der Waals surface area contributed by atoms with Crippen molar-refractivity contribution in [2.75, 3.05) is 12.4 Å². The van der Waals surface area contributed by atoms with E-state index in [1.165, 1.54) is 31.4 Å². The summed E-state index contributed by atoms with van der Waals surface area (Å²) in [6, 6.07) is 18.0. The minimum atomic E-state index is -0.598. The smallest absolute Gasteiger partial charge is 0.344 e. The highest BCUT2D eigenvalue weighted by Crippen LogP contribution is 2.31. The van der Waals surface area contributed by atoms with Gasteiger partial charge in [0, 0.05) is 17.5 Å². The Morgan fingerprint density at radius 3 is 2.68 bits per heavy atom. The van der Waals surface area contributed by atoms with Crippen LogP contribution in [0.15, 0.2) is 82.0 Å². The van der Waals surface area contributed by atoms with Crippen LogP contribution in [-0.2, 0) is 4.79 Å². The van der Waals surface area contributed by atoms with Gasteiger partial charge in [-0.1, -0.05) is 41.9 Å². The summed E-state index contributed by atoms with van der Waals surface area (Å²) >= 11 is 5.82. The first-order valence-electron chi connectivity index (χ1n) is 10.00. The number of fused-ring (bicyclic) bond motifs is 1. The van der Waals surface area contributed by atoms with Crippen LogP contribution < -0.4 is 15.7 Å². The zero-order chi connectivity index (χ0) is 24.2. The summed E-state index contributed by atoms with van der Waals surface area (Å²) in [5.41, 5.74) is 1.35. The first kappa shape index (κ1) is 22.8. The molecule has 0 aliphatic heterocycles. The lowest BCUT2D eigenvalue weighted by molar-refractivity contribution is -0.384. The van der Waals surface area contributed by atoms with E-state index in [0.29, 0.717) is 33.7 Å². The molecule has 0 aliphatic carbocycles. The lowest BCUT2D eigenvalue weighted by atomic mass is 10.0. The Bertz CT molecular complexity index is 1510. The molecule has 9 heteroatoms. The summed E-state index contributed by atoms with van der Waals surface area (Å²) in [6.45, 7) is 0. The number of amides is 1. The number of benzene rings is 3. The van der Waals surface area contributed by atoms with Crippen molar-refractivity contribution >= 4 is 45.9 Å². The van der Waals surface area contributed by atoms with E-state index < -0.39 is 16.5 Å². The number of carbonyl (C=O) groups is 1. The van der Waals surface area contributed by atoms with Gasteiger partial charge in [-0.2, -0.15) is 0 Å². The maximum atomic E-state index is 12.5. The second kappa shape index (κ2) is 9.60. The minimum absolute atomic E-state index is 0.00585. The first-order chi connectivity index (χ1) is 16.4. The molecule has 0 atom stereocenters. The molecule has 0 aliphatic rings. The van der Waals surface area contributed by atoms with Crippen molar-refractivity contribution in [1.29, 1.82) is 0 Å². The van der Waals surface area contributed by atoms with Crippen molar-refractivity contribution in [2.24, 2.45) is 0 Å². The molecule has 8 nitrogen and oxygen atoms in total. The van der Waals surface area contributed by atoms with Gasteiger partial charge in [0.1, 0.15) is 16.4 Å². The van der Waals surface area contributed by atoms with Crippen LogP contribution in [0.2, 0.25) is 5.02 Å². The Balaban J connectivity index is 1.62. The van der Waals surface area contributed by atoms with E-state index in [1.807, 2.05) is 12.1 Å². The van der Waals surface area contributed by atoms with Crippen LogP contribution in [0.4, 0.5) is 11.4 Å². The molecule has 0 saturated heterocycles. The highest BCUT2D eigenvalue weighted by molar-refractivity contribution is 6.32. The predicted octanol–water partition coefficient (Wildman–Crippen LogP) is 5.68. The molecule has 3 aromatic carbocycles. The summed E-state index contributed by atoms with van der Waals surface area (Å²) < 4.78 is 10.7. The molecule has 170 valence electrons. The third-order valence-corrected chi connectivity index (χ3v) is 5.32. The summed E-state index contributed by atoms with van der Waals surface area (Å²) in [5, 5.41) is 14.5. The Labute approximate surface area is 198 Å². The third kappa shape index (κ3) is 4.82. The van der Waals surface area contributed by atoms with Crippen LogP contribution in [-0.4, -0.2) is 17.9 Å². The van der Waals surface area contributed by atoms with Crippen molar-refractivity contribution in [1.82, 2.24) is 0 Å². The van der Waals surface area contributed by atoms with E-state index in [1.54, 1.807) is 42.5 Å². The van der Waals surface area contributed by atoms with Crippen molar-refractivity contribution < 1.29 is 18.9 Å². The van der Waals surface area contributed by atoms with Gasteiger partial charge in [-0.05, 0) is 47.5 Å². The van der Waals surface area contributed by atoms with Crippen LogP contribution in [0.25, 0.3) is 28.2 Å². The lowest BCUT2D eigenvalue weighted by Crippen LogP contribution is -2.10. The average Bonchev–Trinajstić information content (AvgIpc) is 2.83. The molecule has 1 amide bonds. The second-order valence-corrected chi connectivity index (χ2v) is 7.60. The van der Waals surface area contributed by atoms with Crippen LogP contribution >= 0.6 is 11.6 Å². The molecule has 4 aromatic rings. The molecule has 34 heavy (non-hydrogen) atoms. The number of para-hydroxylation sites is 1. The topological polar surface area (TPSA) is 112 Å². The summed E-state index contributed by atoms with van der Waals surface area (Å²) in [4.78, 5) is 35.5. The molecular weight excluding hydrogens is 460 g/mol. The van der Waals surface area contributed by atoms with Gasteiger partial charge in [0.15, 0.2) is 0 Å². The maximum absolute atomic E-state index is 12.5. The van der Waals surface area contributed by atoms with Crippen LogP contribution in [0, 0.1) is 10.1 Å². The summed E-state index contributed by atoms with van der Waals surface area (Å²) in [6.07, 6.45) is 2.65. The zero-order valence-electron chi connectivity index (χ0n) is 17.8. The van der Waals surface area contributed by atoms with Gasteiger partial charge in [-0.25, -0.2) is 4.79 Å². The Morgan fingerprint density at radius 2 is 1.91 bits per heavy atom. The van der Waals surface area contributed by atoms with E-state index in [2.05, 4.69) is 5.32 Å². The fourth-order valence-electron chi connectivity index (χ4n) is 3.36. The second-order valence-electron chi connectivity index (χ2n) is 7.19. The Hall–Kier alpha value is -4.43. The summed E-state index contributed by atoms with van der Waals surface area (Å²) in [7, 11) is 1.46. The number of nitrogens with zero attached hydrogens (tertiary/aromatic N) is 1. The predicted molar refractivity (Wildman–Crippen MR) is 130 cm³/mol. The van der Waals surface area contributed by atoms with Gasteiger partial charge in [0.2, 0.25) is 5.91 Å². The Morgan fingerprint density at radius 1 is 1.12 bits per heavy atom. The molecule has 0 unspecified atom stereocenters. The van der Waals surface area contributed by atoms with E-state index >= 15 is 0 Å². The molecule has 0 radical (unpaired) electrons. The molecule has 0 bridgehead atoms. The van der Waals surface area contributed by atoms with Crippen molar-refractivity contribution in [3.8, 4) is 16.9 Å². The standard InChI is InChI=1S/C25H17ClN2O6/c1-33-23-10-8-16(18-13-17-4-2-3-5-22(17)34-25(18)30)14-20(23)27-24(29)11-7-15-6-9-19(26)21(12-15)28(31)32/h2-14H,1H3,(H,27,29). The molecule has 0 fully saturated rings. The number of methoxy groups -OCH3 is 1. The number of nitro groups is 1. The van der Waals surface area contributed by atoms with Crippen molar-refractivity contribution in [2.45, 2.75) is 0 Å². The molecule has 1 heterocycles. The van der Waals surface area contributed by atoms with E-state index in [9.17, 15) is 19.7 Å². The minimum Gasteiger partial charge on any atom is -0.495 e. The average molecular weight is 477 g/mol. The van der Waals surface area contributed by atoms with Gasteiger partial charge >= 0.3 is 5.63 Å². The monoisotopic (exact) mass is 476 g/mol. The number of carbonyl (C=O) groups excluding carboxylic acids is 1. The molecule has 0 saturated carbocycles. The lowest BCUT2D eigenvalue weighted by Gasteiger charge is -2.11. The van der Waals surface area contributed by atoms with E-state index in [4.69, 9.17) is 20.8 Å². The highest BCUT2D eigenvalue weighted by atomic mass is 35.5. The number of nitrogens with one attached hydrogen (secondary N) is 1. The normalized spacial score (nSPS) is 11.0. The van der Waals surface area contributed by atoms with Crippen LogP contribution in [0.5, 0.6) is 5.75 Å². The van der Waals surface area contributed by atoms with E-state index in [-0.39, 0.29) is 10.7 Å². The van der Waals surface area contributed by atoms with Gasteiger partial charge in [0.05, 0.1) is 23.3 Å². The van der Waals surface area contributed by atoms with Crippen LogP contribution in [0.3, 0.4) is 0 Å². The zero-order valence-corrected chi connectivity index (χ0v) is 18.5. The quantitative estimate of drug-likeness (QED) is 0.166. The number of nitro benzene ring substituents is 1. The molecule has 1 N–H and O–H groups in total. The van der Waals surface area contributed by atoms with E-state index in [0.717, 1.165) is 5.39 Å². The van der Waals surface area contributed by atoms with Crippen LogP contribution in [0.1, 0.15) is 5.56 Å². The number of halogens is 1. The summed E-state index contributed by atoms with van der Waals surface area (Å²) in [5.74, 6) is -0.114. The first-order valence-corrected chi connectivity index (χ1v) is 10.4. The van der Waals surface area contributed by atoms with Crippen molar-refractivity contribution in [3.63, 3.8) is 0 Å². The molecule has 1 aromatic heterocycles. The SMILES string of the molecule is COc1ccc(-c2cc3ccccc3oc2=O)cc1NC(=O)C=Cc1ccc(Cl)c([N+](=O)[O-])c1. The third-order valence-electron chi connectivity index (χ3n) is 5.00. The Kier molecular flexibility index (Phi) is 6.42. The van der Waals surface area contributed by atoms with Gasteiger partial charge < -0.3 is 14.5 Å². The number of rotatable bonds is 6.